The van der Waals surface area contributed by atoms with Crippen LogP contribution in [0.1, 0.15) is 30.9 Å². The van der Waals surface area contributed by atoms with Crippen molar-refractivity contribution in [3.63, 3.8) is 0 Å². The number of aryl methyl sites for hydroxylation is 1. The molecule has 2 aromatic rings. The second kappa shape index (κ2) is 8.45. The summed E-state index contributed by atoms with van der Waals surface area (Å²) < 4.78 is 6.08. The lowest BCUT2D eigenvalue weighted by Crippen LogP contribution is -2.47. The zero-order chi connectivity index (χ0) is 18.5. The first-order valence-corrected chi connectivity index (χ1v) is 9.53. The van der Waals surface area contributed by atoms with Gasteiger partial charge in [0.05, 0.1) is 0 Å². The Morgan fingerprint density at radius 2 is 1.73 bits per heavy atom. The molecule has 0 atom stereocenters. The van der Waals surface area contributed by atoms with Crippen LogP contribution in [0.2, 0.25) is 0 Å². The van der Waals surface area contributed by atoms with Gasteiger partial charge in [0.15, 0.2) is 0 Å². The number of ether oxygens (including phenoxy) is 1. The standard InChI is InChI=1S/C22H30N2O2/c1-17(2)20-16-21(25)18(3)15-22(20)26-14-13-23-9-11-24(12-10-23)19-7-5-4-6-8-19/h4-8,15-17,25H,9-14H2,1-3H3. The molecule has 1 saturated heterocycles. The average Bonchev–Trinajstić information content (AvgIpc) is 2.65. The third-order valence-corrected chi connectivity index (χ3v) is 5.11. The molecule has 26 heavy (non-hydrogen) atoms. The average molecular weight is 354 g/mol. The maximum Gasteiger partial charge on any atom is 0.123 e. The molecule has 0 aromatic heterocycles. The van der Waals surface area contributed by atoms with Crippen LogP contribution in [-0.2, 0) is 0 Å². The highest BCUT2D eigenvalue weighted by Gasteiger charge is 2.17. The van der Waals surface area contributed by atoms with Crippen LogP contribution in [0.4, 0.5) is 5.69 Å². The fourth-order valence-corrected chi connectivity index (χ4v) is 3.42. The van der Waals surface area contributed by atoms with Gasteiger partial charge < -0.3 is 14.7 Å². The number of aromatic hydroxyl groups is 1. The predicted octanol–water partition coefficient (Wildman–Crippen LogP) is 4.03. The number of benzene rings is 2. The molecule has 0 saturated carbocycles. The van der Waals surface area contributed by atoms with E-state index in [1.54, 1.807) is 0 Å². The molecule has 0 spiro atoms. The molecule has 0 bridgehead atoms. The molecule has 2 aromatic carbocycles. The normalized spacial score (nSPS) is 15.5. The monoisotopic (exact) mass is 354 g/mol. The molecule has 4 nitrogen and oxygen atoms in total. The van der Waals surface area contributed by atoms with E-state index in [1.165, 1.54) is 5.69 Å². The summed E-state index contributed by atoms with van der Waals surface area (Å²) in [4.78, 5) is 4.90. The molecule has 0 unspecified atom stereocenters. The van der Waals surface area contributed by atoms with Crippen molar-refractivity contribution in [2.75, 3.05) is 44.2 Å². The van der Waals surface area contributed by atoms with Gasteiger partial charge in [-0.05, 0) is 42.7 Å². The minimum atomic E-state index is 0.325. The Hall–Kier alpha value is -2.20. The molecule has 1 N–H and O–H groups in total. The van der Waals surface area contributed by atoms with Crippen molar-refractivity contribution >= 4 is 5.69 Å². The number of para-hydroxylation sites is 1. The van der Waals surface area contributed by atoms with Crippen LogP contribution in [0.3, 0.4) is 0 Å². The van der Waals surface area contributed by atoms with E-state index in [0.29, 0.717) is 18.3 Å². The smallest absolute Gasteiger partial charge is 0.123 e. The van der Waals surface area contributed by atoms with Gasteiger partial charge in [0, 0.05) is 44.0 Å². The number of hydrogen-bond acceptors (Lipinski definition) is 4. The van der Waals surface area contributed by atoms with E-state index >= 15 is 0 Å². The van der Waals surface area contributed by atoms with Crippen LogP contribution in [0.25, 0.3) is 0 Å². The number of phenolic OH excluding ortho intramolecular Hbond substituents is 1. The topological polar surface area (TPSA) is 35.9 Å². The van der Waals surface area contributed by atoms with E-state index in [2.05, 4.69) is 54.0 Å². The zero-order valence-electron chi connectivity index (χ0n) is 16.1. The molecule has 1 heterocycles. The second-order valence-corrected chi connectivity index (χ2v) is 7.34. The van der Waals surface area contributed by atoms with Crippen molar-refractivity contribution in [3.05, 3.63) is 53.6 Å². The number of nitrogens with zero attached hydrogens (tertiary/aromatic N) is 2. The third kappa shape index (κ3) is 4.50. The fourth-order valence-electron chi connectivity index (χ4n) is 3.42. The van der Waals surface area contributed by atoms with E-state index in [1.807, 2.05) is 19.1 Å². The first-order chi connectivity index (χ1) is 12.5. The molecule has 0 radical (unpaired) electrons. The minimum absolute atomic E-state index is 0.325. The summed E-state index contributed by atoms with van der Waals surface area (Å²) in [6, 6.07) is 14.4. The number of hydrogen-bond donors (Lipinski definition) is 1. The SMILES string of the molecule is Cc1cc(OCCN2CCN(c3ccccc3)CC2)c(C(C)C)cc1O. The lowest BCUT2D eigenvalue weighted by Gasteiger charge is -2.36. The number of piperazine rings is 1. The maximum absolute atomic E-state index is 9.95. The van der Waals surface area contributed by atoms with E-state index in [4.69, 9.17) is 4.74 Å². The van der Waals surface area contributed by atoms with E-state index in [9.17, 15) is 5.11 Å². The third-order valence-electron chi connectivity index (χ3n) is 5.11. The summed E-state index contributed by atoms with van der Waals surface area (Å²) in [5.74, 6) is 1.57. The Morgan fingerprint density at radius 1 is 1.04 bits per heavy atom. The highest BCUT2D eigenvalue weighted by Crippen LogP contribution is 2.32. The number of rotatable bonds is 6. The Kier molecular flexibility index (Phi) is 6.04. The van der Waals surface area contributed by atoms with Crippen molar-refractivity contribution in [1.29, 1.82) is 0 Å². The Balaban J connectivity index is 1.50. The van der Waals surface area contributed by atoms with Crippen molar-refractivity contribution in [3.8, 4) is 11.5 Å². The van der Waals surface area contributed by atoms with Gasteiger partial charge in [0.25, 0.3) is 0 Å². The van der Waals surface area contributed by atoms with Crippen LogP contribution in [-0.4, -0.2) is 49.3 Å². The van der Waals surface area contributed by atoms with Crippen LogP contribution < -0.4 is 9.64 Å². The summed E-state index contributed by atoms with van der Waals surface area (Å²) in [6.45, 7) is 12.0. The molecule has 140 valence electrons. The van der Waals surface area contributed by atoms with Crippen LogP contribution in [0.5, 0.6) is 11.5 Å². The zero-order valence-corrected chi connectivity index (χ0v) is 16.1. The molecule has 4 heteroatoms. The van der Waals surface area contributed by atoms with E-state index in [0.717, 1.165) is 49.6 Å². The highest BCUT2D eigenvalue weighted by atomic mass is 16.5. The first kappa shape index (κ1) is 18.6. The van der Waals surface area contributed by atoms with Crippen LogP contribution >= 0.6 is 0 Å². The molecule has 0 amide bonds. The summed E-state index contributed by atoms with van der Waals surface area (Å²) in [5.41, 5.74) is 3.24. The molecule has 1 aliphatic heterocycles. The minimum Gasteiger partial charge on any atom is -0.508 e. The summed E-state index contributed by atoms with van der Waals surface area (Å²) in [7, 11) is 0. The van der Waals surface area contributed by atoms with Crippen LogP contribution in [0, 0.1) is 6.92 Å². The molecular weight excluding hydrogens is 324 g/mol. The van der Waals surface area contributed by atoms with Gasteiger partial charge in [-0.3, -0.25) is 4.90 Å². The number of phenols is 1. The first-order valence-electron chi connectivity index (χ1n) is 9.53. The lowest BCUT2D eigenvalue weighted by atomic mass is 10.00. The van der Waals surface area contributed by atoms with Gasteiger partial charge in [-0.2, -0.15) is 0 Å². The molecule has 1 fully saturated rings. The Bertz CT molecular complexity index is 708. The molecule has 3 rings (SSSR count). The largest absolute Gasteiger partial charge is 0.508 e. The lowest BCUT2D eigenvalue weighted by molar-refractivity contribution is 0.199. The Labute approximate surface area is 157 Å². The number of anilines is 1. The summed E-state index contributed by atoms with van der Waals surface area (Å²) in [6.07, 6.45) is 0. The molecule has 1 aliphatic rings. The van der Waals surface area contributed by atoms with Gasteiger partial charge in [-0.1, -0.05) is 32.0 Å². The van der Waals surface area contributed by atoms with Crippen molar-refractivity contribution < 1.29 is 9.84 Å². The quantitative estimate of drug-likeness (QED) is 0.850. The van der Waals surface area contributed by atoms with E-state index in [-0.39, 0.29) is 0 Å². The molecule has 0 aliphatic carbocycles. The van der Waals surface area contributed by atoms with Crippen molar-refractivity contribution in [1.82, 2.24) is 4.90 Å². The molecular formula is C22H30N2O2. The second-order valence-electron chi connectivity index (χ2n) is 7.34. The van der Waals surface area contributed by atoms with Gasteiger partial charge in [0.2, 0.25) is 0 Å². The summed E-state index contributed by atoms with van der Waals surface area (Å²) in [5, 5.41) is 9.95. The van der Waals surface area contributed by atoms with Gasteiger partial charge in [-0.25, -0.2) is 0 Å². The van der Waals surface area contributed by atoms with Crippen molar-refractivity contribution in [2.24, 2.45) is 0 Å². The van der Waals surface area contributed by atoms with Gasteiger partial charge in [-0.15, -0.1) is 0 Å². The van der Waals surface area contributed by atoms with Crippen molar-refractivity contribution in [2.45, 2.75) is 26.7 Å². The van der Waals surface area contributed by atoms with Gasteiger partial charge >= 0.3 is 0 Å². The highest BCUT2D eigenvalue weighted by molar-refractivity contribution is 5.47. The predicted molar refractivity (Wildman–Crippen MR) is 108 cm³/mol. The maximum atomic E-state index is 9.95. The van der Waals surface area contributed by atoms with E-state index < -0.39 is 0 Å². The van der Waals surface area contributed by atoms with Gasteiger partial charge in [0.1, 0.15) is 18.1 Å². The summed E-state index contributed by atoms with van der Waals surface area (Å²) >= 11 is 0. The fraction of sp³-hybridized carbons (Fsp3) is 0.455. The van der Waals surface area contributed by atoms with Crippen LogP contribution in [0.15, 0.2) is 42.5 Å². The Morgan fingerprint density at radius 3 is 2.38 bits per heavy atom.